The zero-order valence-electron chi connectivity index (χ0n) is 13.9. The lowest BCUT2D eigenvalue weighted by atomic mass is 10.2. The lowest BCUT2D eigenvalue weighted by Crippen LogP contribution is -2.38. The molecule has 6 nitrogen and oxygen atoms in total. The average Bonchev–Trinajstić information content (AvgIpc) is 3.28. The molecule has 24 heavy (non-hydrogen) atoms. The molecule has 1 aliphatic rings. The van der Waals surface area contributed by atoms with E-state index in [1.54, 1.807) is 13.3 Å². The van der Waals surface area contributed by atoms with Crippen LogP contribution in [0.3, 0.4) is 0 Å². The van der Waals surface area contributed by atoms with Gasteiger partial charge < -0.3 is 14.4 Å². The van der Waals surface area contributed by atoms with Crippen molar-refractivity contribution >= 4 is 5.91 Å². The number of likely N-dealkylation sites (tertiary alicyclic amines) is 1. The number of ether oxygens (including phenoxy) is 2. The third-order valence-electron chi connectivity index (χ3n) is 4.30. The van der Waals surface area contributed by atoms with Crippen LogP contribution in [0.2, 0.25) is 0 Å². The minimum absolute atomic E-state index is 0.151. The van der Waals surface area contributed by atoms with Gasteiger partial charge in [-0.3, -0.25) is 9.48 Å². The Bertz CT molecular complexity index is 640. The van der Waals surface area contributed by atoms with Crippen molar-refractivity contribution in [2.45, 2.75) is 31.8 Å². The van der Waals surface area contributed by atoms with Crippen LogP contribution in [-0.4, -0.2) is 46.9 Å². The molecule has 1 saturated heterocycles. The van der Waals surface area contributed by atoms with Gasteiger partial charge in [0.15, 0.2) is 0 Å². The molecular formula is C18H23N3O3. The maximum atomic E-state index is 12.5. The molecule has 2 aromatic rings. The topological polar surface area (TPSA) is 56.6 Å². The highest BCUT2D eigenvalue weighted by atomic mass is 16.5. The first-order valence-electron chi connectivity index (χ1n) is 8.30. The number of methoxy groups -OCH3 is 1. The van der Waals surface area contributed by atoms with Crippen LogP contribution in [0.25, 0.3) is 0 Å². The number of nitrogens with zero attached hydrogens (tertiary/aromatic N) is 3. The molecule has 0 bridgehead atoms. The summed E-state index contributed by atoms with van der Waals surface area (Å²) in [5, 5.41) is 4.23. The van der Waals surface area contributed by atoms with Gasteiger partial charge in [-0.1, -0.05) is 0 Å². The van der Waals surface area contributed by atoms with Gasteiger partial charge in [-0.15, -0.1) is 0 Å². The number of aromatic nitrogens is 2. The Morgan fingerprint density at radius 2 is 2.08 bits per heavy atom. The third kappa shape index (κ3) is 4.07. The molecule has 0 saturated carbocycles. The lowest BCUT2D eigenvalue weighted by molar-refractivity contribution is -0.132. The highest BCUT2D eigenvalue weighted by Crippen LogP contribution is 2.20. The quantitative estimate of drug-likeness (QED) is 0.782. The van der Waals surface area contributed by atoms with Gasteiger partial charge in [0, 0.05) is 18.9 Å². The SMILES string of the molecule is COc1ccc(OCCC(=O)N2CCC[C@@H]2Cn2cccn2)cc1. The Balaban J connectivity index is 1.46. The summed E-state index contributed by atoms with van der Waals surface area (Å²) in [6.07, 6.45) is 6.18. The van der Waals surface area contributed by atoms with E-state index in [4.69, 9.17) is 9.47 Å². The largest absolute Gasteiger partial charge is 0.497 e. The fraction of sp³-hybridized carbons (Fsp3) is 0.444. The molecule has 0 radical (unpaired) electrons. The molecular weight excluding hydrogens is 306 g/mol. The van der Waals surface area contributed by atoms with Crippen molar-refractivity contribution in [1.82, 2.24) is 14.7 Å². The average molecular weight is 329 g/mol. The standard InChI is InChI=1S/C18H23N3O3/c1-23-16-5-7-17(8-6-16)24-13-9-18(22)21-12-2-4-15(21)14-20-11-3-10-19-20/h3,5-8,10-11,15H,2,4,9,12-14H2,1H3/t15-/m1/s1. The van der Waals surface area contributed by atoms with Gasteiger partial charge in [0.1, 0.15) is 11.5 Å². The lowest BCUT2D eigenvalue weighted by Gasteiger charge is -2.24. The summed E-state index contributed by atoms with van der Waals surface area (Å²) >= 11 is 0. The van der Waals surface area contributed by atoms with Gasteiger partial charge in [-0.2, -0.15) is 5.10 Å². The fourth-order valence-electron chi connectivity index (χ4n) is 3.05. The van der Waals surface area contributed by atoms with Gasteiger partial charge in [0.05, 0.1) is 32.7 Å². The Morgan fingerprint density at radius 3 is 2.79 bits per heavy atom. The minimum atomic E-state index is 0.151. The van der Waals surface area contributed by atoms with E-state index in [9.17, 15) is 4.79 Å². The summed E-state index contributed by atoms with van der Waals surface area (Å²) in [4.78, 5) is 14.4. The molecule has 6 heteroatoms. The Morgan fingerprint density at radius 1 is 1.29 bits per heavy atom. The highest BCUT2D eigenvalue weighted by molar-refractivity contribution is 5.77. The molecule has 1 aromatic heterocycles. The minimum Gasteiger partial charge on any atom is -0.497 e. The molecule has 2 heterocycles. The highest BCUT2D eigenvalue weighted by Gasteiger charge is 2.28. The normalized spacial score (nSPS) is 17.0. The first-order chi connectivity index (χ1) is 11.8. The Kier molecular flexibility index (Phi) is 5.36. The van der Waals surface area contributed by atoms with Crippen LogP contribution < -0.4 is 9.47 Å². The summed E-state index contributed by atoms with van der Waals surface area (Å²) in [5.74, 6) is 1.69. The second-order valence-electron chi connectivity index (χ2n) is 5.89. The van der Waals surface area contributed by atoms with E-state index >= 15 is 0 Å². The summed E-state index contributed by atoms with van der Waals surface area (Å²) in [5.41, 5.74) is 0. The van der Waals surface area contributed by atoms with E-state index in [1.165, 1.54) is 0 Å². The van der Waals surface area contributed by atoms with Gasteiger partial charge in [0.2, 0.25) is 5.91 Å². The zero-order chi connectivity index (χ0) is 16.8. The molecule has 0 spiro atoms. The predicted octanol–water partition coefficient (Wildman–Crippen LogP) is 2.35. The van der Waals surface area contributed by atoms with Crippen LogP contribution >= 0.6 is 0 Å². The monoisotopic (exact) mass is 329 g/mol. The van der Waals surface area contributed by atoms with Crippen LogP contribution in [0.4, 0.5) is 0 Å². The number of carbonyl (C=O) groups is 1. The van der Waals surface area contributed by atoms with Crippen LogP contribution in [-0.2, 0) is 11.3 Å². The summed E-state index contributed by atoms with van der Waals surface area (Å²) in [6, 6.07) is 9.52. The number of rotatable bonds is 7. The molecule has 1 aromatic carbocycles. The van der Waals surface area contributed by atoms with Gasteiger partial charge >= 0.3 is 0 Å². The number of hydrogen-bond donors (Lipinski definition) is 0. The Hall–Kier alpha value is -2.50. The van der Waals surface area contributed by atoms with Crippen LogP contribution in [0.15, 0.2) is 42.7 Å². The van der Waals surface area contributed by atoms with Crippen molar-refractivity contribution in [1.29, 1.82) is 0 Å². The number of hydrogen-bond acceptors (Lipinski definition) is 4. The van der Waals surface area contributed by atoms with Crippen LogP contribution in [0.5, 0.6) is 11.5 Å². The van der Waals surface area contributed by atoms with Crippen molar-refractivity contribution in [3.8, 4) is 11.5 Å². The van der Waals surface area contributed by atoms with Gasteiger partial charge in [-0.05, 0) is 43.2 Å². The second-order valence-corrected chi connectivity index (χ2v) is 5.89. The Labute approximate surface area is 142 Å². The molecule has 1 aliphatic heterocycles. The molecule has 3 rings (SSSR count). The van der Waals surface area contributed by atoms with E-state index < -0.39 is 0 Å². The third-order valence-corrected chi connectivity index (χ3v) is 4.30. The summed E-state index contributed by atoms with van der Waals surface area (Å²) < 4.78 is 12.7. The van der Waals surface area contributed by atoms with E-state index in [1.807, 2.05) is 46.1 Å². The van der Waals surface area contributed by atoms with E-state index in [0.717, 1.165) is 37.4 Å². The van der Waals surface area contributed by atoms with Gasteiger partial charge in [0.25, 0.3) is 0 Å². The van der Waals surface area contributed by atoms with E-state index in [0.29, 0.717) is 13.0 Å². The molecule has 0 unspecified atom stereocenters. The smallest absolute Gasteiger partial charge is 0.226 e. The molecule has 0 N–H and O–H groups in total. The number of carbonyl (C=O) groups excluding carboxylic acids is 1. The molecule has 0 aliphatic carbocycles. The van der Waals surface area contributed by atoms with Gasteiger partial charge in [-0.25, -0.2) is 0 Å². The maximum absolute atomic E-state index is 12.5. The molecule has 1 fully saturated rings. The first kappa shape index (κ1) is 16.4. The summed E-state index contributed by atoms with van der Waals surface area (Å²) in [6.45, 7) is 1.97. The van der Waals surface area contributed by atoms with Crippen molar-refractivity contribution < 1.29 is 14.3 Å². The fourth-order valence-corrected chi connectivity index (χ4v) is 3.05. The maximum Gasteiger partial charge on any atom is 0.226 e. The predicted molar refractivity (Wildman–Crippen MR) is 90.1 cm³/mol. The van der Waals surface area contributed by atoms with Crippen molar-refractivity contribution in [2.75, 3.05) is 20.3 Å². The van der Waals surface area contributed by atoms with Crippen molar-refractivity contribution in [3.05, 3.63) is 42.7 Å². The van der Waals surface area contributed by atoms with Crippen molar-refractivity contribution in [3.63, 3.8) is 0 Å². The van der Waals surface area contributed by atoms with Crippen LogP contribution in [0, 0.1) is 0 Å². The number of benzene rings is 1. The molecule has 1 amide bonds. The van der Waals surface area contributed by atoms with Crippen LogP contribution in [0.1, 0.15) is 19.3 Å². The first-order valence-corrected chi connectivity index (χ1v) is 8.30. The summed E-state index contributed by atoms with van der Waals surface area (Å²) in [7, 11) is 1.63. The second kappa shape index (κ2) is 7.86. The van der Waals surface area contributed by atoms with E-state index in [-0.39, 0.29) is 11.9 Å². The molecule has 1 atom stereocenters. The number of amides is 1. The zero-order valence-corrected chi connectivity index (χ0v) is 13.9. The van der Waals surface area contributed by atoms with Crippen molar-refractivity contribution in [2.24, 2.45) is 0 Å². The molecule has 128 valence electrons. The van der Waals surface area contributed by atoms with E-state index in [2.05, 4.69) is 5.10 Å².